The van der Waals surface area contributed by atoms with Gasteiger partial charge in [0.2, 0.25) is 5.78 Å². The number of aryl methyl sites for hydroxylation is 1. The smallest absolute Gasteiger partial charge is 0.270 e. The van der Waals surface area contributed by atoms with Gasteiger partial charge in [-0.25, -0.2) is 4.98 Å². The Hall–Kier alpha value is -2.80. The molecule has 0 amide bonds. The van der Waals surface area contributed by atoms with Crippen molar-refractivity contribution in [3.63, 3.8) is 0 Å². The van der Waals surface area contributed by atoms with E-state index in [0.29, 0.717) is 22.6 Å². The lowest BCUT2D eigenvalue weighted by Crippen LogP contribution is -2.02. The fourth-order valence-corrected chi connectivity index (χ4v) is 2.87. The molecule has 0 aliphatic rings. The number of carbonyl (C=O) groups is 1. The minimum absolute atomic E-state index is 0.0143. The summed E-state index contributed by atoms with van der Waals surface area (Å²) in [6, 6.07) is 9.79. The highest BCUT2D eigenvalue weighted by molar-refractivity contribution is 9.10. The molecule has 7 heteroatoms. The number of imidazole rings is 1. The summed E-state index contributed by atoms with van der Waals surface area (Å²) in [6.07, 6.45) is 4.73. The van der Waals surface area contributed by atoms with Crippen molar-refractivity contribution >= 4 is 39.1 Å². The molecule has 0 saturated heterocycles. The lowest BCUT2D eigenvalue weighted by molar-refractivity contribution is -0.384. The van der Waals surface area contributed by atoms with E-state index < -0.39 is 4.92 Å². The lowest BCUT2D eigenvalue weighted by atomic mass is 10.1. The van der Waals surface area contributed by atoms with Crippen molar-refractivity contribution in [3.05, 3.63) is 80.2 Å². The Morgan fingerprint density at radius 2 is 2.12 bits per heavy atom. The van der Waals surface area contributed by atoms with Gasteiger partial charge in [0.25, 0.3) is 5.69 Å². The Bertz CT molecular complexity index is 992. The summed E-state index contributed by atoms with van der Waals surface area (Å²) in [7, 11) is 0. The SMILES string of the molecule is Cc1nc2c(Br)cccn2c1C(=O)/C=C/c1cccc([N+](=O)[O-])c1. The van der Waals surface area contributed by atoms with E-state index in [2.05, 4.69) is 20.9 Å². The zero-order valence-electron chi connectivity index (χ0n) is 12.6. The van der Waals surface area contributed by atoms with Gasteiger partial charge in [0.15, 0.2) is 5.65 Å². The summed E-state index contributed by atoms with van der Waals surface area (Å²) < 4.78 is 2.52. The van der Waals surface area contributed by atoms with Gasteiger partial charge in [0.05, 0.1) is 15.1 Å². The zero-order chi connectivity index (χ0) is 17.3. The van der Waals surface area contributed by atoms with Crippen LogP contribution in [-0.2, 0) is 0 Å². The average molecular weight is 386 g/mol. The molecule has 0 fully saturated rings. The number of benzene rings is 1. The molecule has 0 atom stereocenters. The van der Waals surface area contributed by atoms with Crippen molar-refractivity contribution in [1.82, 2.24) is 9.38 Å². The summed E-state index contributed by atoms with van der Waals surface area (Å²) in [6.45, 7) is 1.77. The highest BCUT2D eigenvalue weighted by atomic mass is 79.9. The summed E-state index contributed by atoms with van der Waals surface area (Å²) in [4.78, 5) is 27.3. The quantitative estimate of drug-likeness (QED) is 0.291. The van der Waals surface area contributed by atoms with Crippen LogP contribution in [0.5, 0.6) is 0 Å². The second-order valence-electron chi connectivity index (χ2n) is 5.15. The molecule has 1 aromatic carbocycles. The van der Waals surface area contributed by atoms with E-state index in [1.807, 2.05) is 12.1 Å². The van der Waals surface area contributed by atoms with Crippen LogP contribution < -0.4 is 0 Å². The number of non-ortho nitro benzene ring substituents is 1. The van der Waals surface area contributed by atoms with Crippen LogP contribution in [0.4, 0.5) is 5.69 Å². The number of hydrogen-bond donors (Lipinski definition) is 0. The number of nitrogens with zero attached hydrogens (tertiary/aromatic N) is 3. The number of hydrogen-bond acceptors (Lipinski definition) is 4. The maximum Gasteiger partial charge on any atom is 0.270 e. The van der Waals surface area contributed by atoms with E-state index in [-0.39, 0.29) is 11.5 Å². The van der Waals surface area contributed by atoms with Crippen LogP contribution in [0.25, 0.3) is 11.7 Å². The molecule has 2 heterocycles. The van der Waals surface area contributed by atoms with Gasteiger partial charge < -0.3 is 0 Å². The molecular formula is C17H12BrN3O3. The molecule has 0 spiro atoms. The van der Waals surface area contributed by atoms with Crippen molar-refractivity contribution in [2.75, 3.05) is 0 Å². The third-order valence-corrected chi connectivity index (χ3v) is 4.14. The van der Waals surface area contributed by atoms with E-state index in [1.54, 1.807) is 35.7 Å². The van der Waals surface area contributed by atoms with Crippen molar-refractivity contribution in [2.45, 2.75) is 6.92 Å². The number of rotatable bonds is 4. The molecule has 3 aromatic rings. The number of pyridine rings is 1. The standard InChI is InChI=1S/C17H12BrN3O3/c1-11-16(20-9-3-6-14(18)17(20)19-11)15(22)8-7-12-4-2-5-13(10-12)21(23)24/h2-10H,1H3/b8-7+. The van der Waals surface area contributed by atoms with Crippen LogP contribution in [0, 0.1) is 17.0 Å². The number of ketones is 1. The molecule has 2 aromatic heterocycles. The fraction of sp³-hybridized carbons (Fsp3) is 0.0588. The Labute approximate surface area is 145 Å². The Morgan fingerprint density at radius 1 is 1.33 bits per heavy atom. The molecule has 120 valence electrons. The van der Waals surface area contributed by atoms with Gasteiger partial charge in [-0.1, -0.05) is 18.2 Å². The minimum atomic E-state index is -0.467. The second kappa shape index (κ2) is 6.37. The van der Waals surface area contributed by atoms with Crippen molar-refractivity contribution in [2.24, 2.45) is 0 Å². The first kappa shape index (κ1) is 16.1. The molecule has 0 bridgehead atoms. The molecule has 0 aliphatic heterocycles. The van der Waals surface area contributed by atoms with Crippen LogP contribution in [0.1, 0.15) is 21.7 Å². The molecule has 6 nitrogen and oxygen atoms in total. The van der Waals surface area contributed by atoms with E-state index >= 15 is 0 Å². The molecule has 3 rings (SSSR count). The van der Waals surface area contributed by atoms with Crippen molar-refractivity contribution < 1.29 is 9.72 Å². The molecular weight excluding hydrogens is 374 g/mol. The van der Waals surface area contributed by atoms with Gasteiger partial charge in [-0.3, -0.25) is 19.3 Å². The van der Waals surface area contributed by atoms with E-state index in [1.165, 1.54) is 18.2 Å². The second-order valence-corrected chi connectivity index (χ2v) is 6.00. The summed E-state index contributed by atoms with van der Waals surface area (Å²) in [5, 5.41) is 10.8. The fourth-order valence-electron chi connectivity index (χ4n) is 2.44. The van der Waals surface area contributed by atoms with Gasteiger partial charge in [-0.15, -0.1) is 0 Å². The lowest BCUT2D eigenvalue weighted by Gasteiger charge is -2.00. The highest BCUT2D eigenvalue weighted by Gasteiger charge is 2.15. The van der Waals surface area contributed by atoms with E-state index in [9.17, 15) is 14.9 Å². The number of nitro benzene ring substituents is 1. The summed E-state index contributed by atoms with van der Waals surface area (Å²) >= 11 is 3.41. The maximum absolute atomic E-state index is 12.5. The number of carbonyl (C=O) groups excluding carboxylic acids is 1. The van der Waals surface area contributed by atoms with Crippen LogP contribution >= 0.6 is 15.9 Å². The zero-order valence-corrected chi connectivity index (χ0v) is 14.2. The first-order valence-electron chi connectivity index (χ1n) is 7.07. The average Bonchev–Trinajstić information content (AvgIpc) is 2.90. The number of fused-ring (bicyclic) bond motifs is 1. The Kier molecular flexibility index (Phi) is 4.26. The Morgan fingerprint density at radius 3 is 2.88 bits per heavy atom. The van der Waals surface area contributed by atoms with Gasteiger partial charge in [-0.05, 0) is 46.6 Å². The molecule has 24 heavy (non-hydrogen) atoms. The van der Waals surface area contributed by atoms with Crippen LogP contribution in [0.3, 0.4) is 0 Å². The van der Waals surface area contributed by atoms with Crippen molar-refractivity contribution in [1.29, 1.82) is 0 Å². The van der Waals surface area contributed by atoms with Crippen molar-refractivity contribution in [3.8, 4) is 0 Å². The highest BCUT2D eigenvalue weighted by Crippen LogP contribution is 2.21. The third kappa shape index (κ3) is 2.98. The third-order valence-electron chi connectivity index (χ3n) is 3.52. The van der Waals surface area contributed by atoms with Crippen LogP contribution in [0.2, 0.25) is 0 Å². The predicted octanol–water partition coefficient (Wildman–Crippen LogP) is 4.21. The topological polar surface area (TPSA) is 77.5 Å². The van der Waals surface area contributed by atoms with E-state index in [0.717, 1.165) is 4.47 Å². The normalized spacial score (nSPS) is 11.2. The van der Waals surface area contributed by atoms with E-state index in [4.69, 9.17) is 0 Å². The summed E-state index contributed by atoms with van der Waals surface area (Å²) in [5.41, 5.74) is 2.33. The Balaban J connectivity index is 1.96. The molecule has 0 saturated carbocycles. The number of allylic oxidation sites excluding steroid dienone is 1. The monoisotopic (exact) mass is 385 g/mol. The minimum Gasteiger partial charge on any atom is -0.296 e. The van der Waals surface area contributed by atoms with Crippen LogP contribution in [-0.4, -0.2) is 20.1 Å². The maximum atomic E-state index is 12.5. The van der Waals surface area contributed by atoms with Gasteiger partial charge in [0, 0.05) is 18.3 Å². The van der Waals surface area contributed by atoms with Gasteiger partial charge >= 0.3 is 0 Å². The summed E-state index contributed by atoms with van der Waals surface area (Å²) in [5.74, 6) is -0.218. The van der Waals surface area contributed by atoms with Gasteiger partial charge in [0.1, 0.15) is 5.69 Å². The predicted molar refractivity (Wildman–Crippen MR) is 94.1 cm³/mol. The number of nitro groups is 1. The molecule has 0 N–H and O–H groups in total. The largest absolute Gasteiger partial charge is 0.296 e. The van der Waals surface area contributed by atoms with Gasteiger partial charge in [-0.2, -0.15) is 0 Å². The number of aromatic nitrogens is 2. The number of halogens is 1. The molecule has 0 radical (unpaired) electrons. The molecule has 0 aliphatic carbocycles. The first-order valence-corrected chi connectivity index (χ1v) is 7.86. The van der Waals surface area contributed by atoms with Crippen LogP contribution in [0.15, 0.2) is 53.1 Å². The molecule has 0 unspecified atom stereocenters. The first-order chi connectivity index (χ1) is 11.5.